The molecule has 3 atom stereocenters. The van der Waals surface area contributed by atoms with Gasteiger partial charge in [0.15, 0.2) is 0 Å². The third-order valence-electron chi connectivity index (χ3n) is 7.26. The minimum absolute atomic E-state index is 0.0634. The summed E-state index contributed by atoms with van der Waals surface area (Å²) in [7, 11) is 1.57. The molecule has 9 heteroatoms. The highest BCUT2D eigenvalue weighted by Crippen LogP contribution is 2.43. The maximum Gasteiger partial charge on any atom is 0.472 e. The second-order valence-corrected chi connectivity index (χ2v) is 14.0. The molecule has 1 amide bonds. The molecule has 244 valence electrons. The van der Waals surface area contributed by atoms with Crippen molar-refractivity contribution in [1.29, 1.82) is 0 Å². The van der Waals surface area contributed by atoms with Gasteiger partial charge < -0.3 is 19.8 Å². The van der Waals surface area contributed by atoms with E-state index in [1.165, 1.54) is 77.0 Å². The van der Waals surface area contributed by atoms with E-state index in [0.29, 0.717) is 17.4 Å². The van der Waals surface area contributed by atoms with Crippen LogP contribution in [-0.4, -0.2) is 73.4 Å². The molecule has 3 N–H and O–H groups in total. The number of nitrogens with zero attached hydrogens (tertiary/aromatic N) is 1. The molecule has 0 aliphatic carbocycles. The Morgan fingerprint density at radius 3 is 1.80 bits per heavy atom. The Bertz CT molecular complexity index is 698. The molecule has 0 aliphatic rings. The predicted molar refractivity (Wildman–Crippen MR) is 171 cm³/mol. The third kappa shape index (κ3) is 27.8. The summed E-state index contributed by atoms with van der Waals surface area (Å²) in [5.74, 6) is -0.187. The monoisotopic (exact) mass is 605 g/mol. The maximum absolute atomic E-state index is 12.6. The van der Waals surface area contributed by atoms with Crippen LogP contribution >= 0.6 is 7.82 Å². The molecule has 1 unspecified atom stereocenters. The van der Waals surface area contributed by atoms with Crippen molar-refractivity contribution in [2.45, 2.75) is 148 Å². The second kappa shape index (κ2) is 25.7. The number of likely N-dealkylation sites (N-methyl/N-ethyl adjacent to an activating group) is 1. The number of aliphatic hydroxyl groups is 1. The van der Waals surface area contributed by atoms with Crippen molar-refractivity contribution in [2.75, 3.05) is 40.9 Å². The molecule has 0 radical (unpaired) electrons. The van der Waals surface area contributed by atoms with Gasteiger partial charge in [0.05, 0.1) is 39.9 Å². The van der Waals surface area contributed by atoms with E-state index in [2.05, 4.69) is 19.2 Å². The lowest BCUT2D eigenvalue weighted by Gasteiger charge is -2.25. The molecular weight excluding hydrogens is 539 g/mol. The van der Waals surface area contributed by atoms with Crippen LogP contribution in [-0.2, 0) is 18.4 Å². The van der Waals surface area contributed by atoms with Crippen molar-refractivity contribution in [1.82, 2.24) is 5.32 Å². The standard InChI is InChI=1S/C32H65N2O6P/c1-6-8-10-12-14-15-16-17-18-20-21-23-25-31(35)30(29-40-41(37,38)39-28-27-34(3,4)5)33-32(36)26-24-22-19-13-11-9-7-2/h23,25,30-31,35H,6-22,24,26-29H2,1-5H3,(H-,33,36,37,38)/p+1/b25-23+/t30-,31+/m0/s1. The Kier molecular flexibility index (Phi) is 25.2. The maximum atomic E-state index is 12.6. The number of hydrogen-bond acceptors (Lipinski definition) is 5. The highest BCUT2D eigenvalue weighted by Gasteiger charge is 2.27. The van der Waals surface area contributed by atoms with Gasteiger partial charge in [-0.2, -0.15) is 0 Å². The highest BCUT2D eigenvalue weighted by atomic mass is 31.2. The zero-order valence-corrected chi connectivity index (χ0v) is 28.2. The lowest BCUT2D eigenvalue weighted by molar-refractivity contribution is -0.870. The van der Waals surface area contributed by atoms with Gasteiger partial charge in [-0.3, -0.25) is 13.8 Å². The fourth-order valence-electron chi connectivity index (χ4n) is 4.51. The van der Waals surface area contributed by atoms with E-state index < -0.39 is 20.0 Å². The van der Waals surface area contributed by atoms with Crippen molar-refractivity contribution in [3.63, 3.8) is 0 Å². The van der Waals surface area contributed by atoms with Crippen molar-refractivity contribution in [2.24, 2.45) is 0 Å². The number of carbonyl (C=O) groups excluding carboxylic acids is 1. The fraction of sp³-hybridized carbons (Fsp3) is 0.906. The molecule has 0 saturated heterocycles. The Balaban J connectivity index is 4.62. The molecule has 0 spiro atoms. The lowest BCUT2D eigenvalue weighted by atomic mass is 10.1. The first-order chi connectivity index (χ1) is 19.5. The van der Waals surface area contributed by atoms with Crippen molar-refractivity contribution in [3.8, 4) is 0 Å². The van der Waals surface area contributed by atoms with Gasteiger partial charge in [-0.1, -0.05) is 122 Å². The van der Waals surface area contributed by atoms with Gasteiger partial charge in [0.25, 0.3) is 0 Å². The molecule has 0 fully saturated rings. The molecule has 0 heterocycles. The first-order valence-electron chi connectivity index (χ1n) is 16.6. The van der Waals surface area contributed by atoms with Gasteiger partial charge in [0.1, 0.15) is 13.2 Å². The number of phosphoric acid groups is 1. The largest absolute Gasteiger partial charge is 0.472 e. The van der Waals surface area contributed by atoms with Crippen molar-refractivity contribution >= 4 is 13.7 Å². The second-order valence-electron chi connectivity index (χ2n) is 12.5. The Morgan fingerprint density at radius 2 is 1.29 bits per heavy atom. The molecule has 0 aromatic carbocycles. The minimum atomic E-state index is -4.31. The molecular formula is C32H66N2O6P+. The lowest BCUT2D eigenvalue weighted by Crippen LogP contribution is -2.45. The van der Waals surface area contributed by atoms with E-state index in [1.54, 1.807) is 6.08 Å². The summed E-state index contributed by atoms with van der Waals surface area (Å²) < 4.78 is 23.3. The molecule has 0 saturated carbocycles. The van der Waals surface area contributed by atoms with E-state index in [0.717, 1.165) is 38.5 Å². The fourth-order valence-corrected chi connectivity index (χ4v) is 5.24. The smallest absolute Gasteiger partial charge is 0.387 e. The quantitative estimate of drug-likeness (QED) is 0.0350. The predicted octanol–water partition coefficient (Wildman–Crippen LogP) is 7.68. The van der Waals surface area contributed by atoms with Gasteiger partial charge in [0, 0.05) is 6.42 Å². The Morgan fingerprint density at radius 1 is 0.805 bits per heavy atom. The number of aliphatic hydroxyl groups excluding tert-OH is 1. The first-order valence-corrected chi connectivity index (χ1v) is 18.1. The zero-order valence-electron chi connectivity index (χ0n) is 27.3. The number of rotatable bonds is 29. The van der Waals surface area contributed by atoms with Crippen LogP contribution in [0.4, 0.5) is 0 Å². The minimum Gasteiger partial charge on any atom is -0.387 e. The SMILES string of the molecule is CCCCCCCCCCCC/C=C/[C@@H](O)[C@H](COP(=O)(O)OCC[N+](C)(C)C)NC(=O)CCCCCCCCC. The number of unbranched alkanes of at least 4 members (excludes halogenated alkanes) is 16. The van der Waals surface area contributed by atoms with E-state index >= 15 is 0 Å². The molecule has 0 aliphatic heterocycles. The summed E-state index contributed by atoms with van der Waals surface area (Å²) >= 11 is 0. The van der Waals surface area contributed by atoms with E-state index in [-0.39, 0.29) is 19.1 Å². The molecule has 0 rings (SSSR count). The van der Waals surface area contributed by atoms with Gasteiger partial charge in [0.2, 0.25) is 5.91 Å². The summed E-state index contributed by atoms with van der Waals surface area (Å²) in [6.45, 7) is 4.72. The van der Waals surface area contributed by atoms with Crippen LogP contribution in [0.1, 0.15) is 136 Å². The number of nitrogens with one attached hydrogen (secondary N) is 1. The van der Waals surface area contributed by atoms with E-state index in [1.807, 2.05) is 27.2 Å². The highest BCUT2D eigenvalue weighted by molar-refractivity contribution is 7.47. The number of allylic oxidation sites excluding steroid dienone is 1. The van der Waals surface area contributed by atoms with Crippen LogP contribution in [0, 0.1) is 0 Å². The molecule has 0 aromatic rings. The first kappa shape index (κ1) is 40.2. The van der Waals surface area contributed by atoms with Crippen LogP contribution in [0.3, 0.4) is 0 Å². The van der Waals surface area contributed by atoms with Gasteiger partial charge in [-0.05, 0) is 19.3 Å². The number of amides is 1. The van der Waals surface area contributed by atoms with Crippen LogP contribution < -0.4 is 5.32 Å². The zero-order chi connectivity index (χ0) is 30.8. The average Bonchev–Trinajstić information content (AvgIpc) is 2.90. The molecule has 8 nitrogen and oxygen atoms in total. The molecule has 0 bridgehead atoms. The summed E-state index contributed by atoms with van der Waals surface area (Å²) in [6.07, 6.45) is 24.3. The van der Waals surface area contributed by atoms with Crippen LogP contribution in [0.2, 0.25) is 0 Å². The van der Waals surface area contributed by atoms with Crippen LogP contribution in [0.25, 0.3) is 0 Å². The van der Waals surface area contributed by atoms with Gasteiger partial charge >= 0.3 is 7.82 Å². The number of carbonyl (C=O) groups is 1. The normalized spacial score (nSPS) is 15.2. The summed E-state index contributed by atoms with van der Waals surface area (Å²) in [5.41, 5.74) is 0. The average molecular weight is 606 g/mol. The molecule has 0 aromatic heterocycles. The van der Waals surface area contributed by atoms with Crippen LogP contribution in [0.5, 0.6) is 0 Å². The van der Waals surface area contributed by atoms with Gasteiger partial charge in [-0.25, -0.2) is 4.57 Å². The van der Waals surface area contributed by atoms with E-state index in [4.69, 9.17) is 9.05 Å². The third-order valence-corrected chi connectivity index (χ3v) is 8.24. The number of quaternary nitrogens is 1. The van der Waals surface area contributed by atoms with Gasteiger partial charge in [-0.15, -0.1) is 0 Å². The topological polar surface area (TPSA) is 105 Å². The van der Waals surface area contributed by atoms with Crippen molar-refractivity contribution < 1.29 is 32.9 Å². The number of hydrogen-bond donors (Lipinski definition) is 3. The number of phosphoric ester groups is 1. The Labute approximate surface area is 252 Å². The van der Waals surface area contributed by atoms with Crippen LogP contribution in [0.15, 0.2) is 12.2 Å². The van der Waals surface area contributed by atoms with Crippen molar-refractivity contribution in [3.05, 3.63) is 12.2 Å². The summed E-state index contributed by atoms with van der Waals surface area (Å²) in [5, 5.41) is 13.6. The van der Waals surface area contributed by atoms with E-state index in [9.17, 15) is 19.4 Å². The summed E-state index contributed by atoms with van der Waals surface area (Å²) in [6, 6.07) is -0.835. The summed E-state index contributed by atoms with van der Waals surface area (Å²) in [4.78, 5) is 22.7. The Hall–Kier alpha value is -0.760. The molecule has 41 heavy (non-hydrogen) atoms.